The van der Waals surface area contributed by atoms with Gasteiger partial charge >= 0.3 is 0 Å². The number of rotatable bonds is 4. The zero-order valence-electron chi connectivity index (χ0n) is 11.1. The molecule has 0 fully saturated rings. The molecule has 1 N–H and O–H groups in total. The van der Waals surface area contributed by atoms with Gasteiger partial charge in [0, 0.05) is 18.9 Å². The summed E-state index contributed by atoms with van der Waals surface area (Å²) < 4.78 is 5.40. The number of fused-ring (bicyclic) bond motifs is 1. The number of nitrogens with zero attached hydrogens (tertiary/aromatic N) is 4. The van der Waals surface area contributed by atoms with Crippen molar-refractivity contribution in [3.63, 3.8) is 0 Å². The molecular formula is C13H13N5OS. The Morgan fingerprint density at radius 1 is 1.20 bits per heavy atom. The van der Waals surface area contributed by atoms with Gasteiger partial charge in [0.2, 0.25) is 11.8 Å². The molecule has 6 nitrogen and oxygen atoms in total. The number of hydrogen-bond acceptors (Lipinski definition) is 7. The Balaban J connectivity index is 2.06. The minimum Gasteiger partial charge on any atom is -0.416 e. The van der Waals surface area contributed by atoms with Gasteiger partial charge in [-0.15, -0.1) is 10.2 Å². The summed E-state index contributed by atoms with van der Waals surface area (Å²) in [7, 11) is 0. The van der Waals surface area contributed by atoms with Crippen LogP contribution in [0, 0.1) is 6.92 Å². The van der Waals surface area contributed by atoms with Crippen molar-refractivity contribution in [2.75, 3.05) is 11.9 Å². The molecule has 0 amide bonds. The van der Waals surface area contributed by atoms with Crippen LogP contribution >= 0.6 is 11.8 Å². The van der Waals surface area contributed by atoms with E-state index in [4.69, 9.17) is 4.42 Å². The van der Waals surface area contributed by atoms with Gasteiger partial charge in [0.05, 0.1) is 5.52 Å². The van der Waals surface area contributed by atoms with Crippen LogP contribution in [0.5, 0.6) is 0 Å². The van der Waals surface area contributed by atoms with Gasteiger partial charge in [-0.2, -0.15) is 0 Å². The van der Waals surface area contributed by atoms with Crippen LogP contribution in [-0.4, -0.2) is 26.7 Å². The van der Waals surface area contributed by atoms with Crippen LogP contribution in [-0.2, 0) is 0 Å². The molecule has 0 aliphatic heterocycles. The van der Waals surface area contributed by atoms with Gasteiger partial charge in [-0.3, -0.25) is 0 Å². The summed E-state index contributed by atoms with van der Waals surface area (Å²) in [5.41, 5.74) is 0.886. The molecule has 0 atom stereocenters. The topological polar surface area (TPSA) is 76.7 Å². The number of hydrogen-bond donors (Lipinski definition) is 1. The second kappa shape index (κ2) is 5.46. The summed E-state index contributed by atoms with van der Waals surface area (Å²) in [6, 6.07) is 7.86. The van der Waals surface area contributed by atoms with Gasteiger partial charge < -0.3 is 9.73 Å². The fourth-order valence-electron chi connectivity index (χ4n) is 1.76. The van der Waals surface area contributed by atoms with Gasteiger partial charge in [-0.25, -0.2) is 9.97 Å². The van der Waals surface area contributed by atoms with Crippen molar-refractivity contribution in [1.82, 2.24) is 20.2 Å². The molecule has 0 bridgehead atoms. The van der Waals surface area contributed by atoms with E-state index in [1.807, 2.05) is 31.2 Å². The summed E-state index contributed by atoms with van der Waals surface area (Å²) in [6.45, 7) is 4.54. The van der Waals surface area contributed by atoms with Gasteiger partial charge in [-0.05, 0) is 24.8 Å². The van der Waals surface area contributed by atoms with E-state index in [1.54, 1.807) is 6.92 Å². The number of nitrogens with one attached hydrogen (secondary N) is 1. The maximum absolute atomic E-state index is 5.40. The fraction of sp³-hybridized carbons (Fsp3) is 0.231. The summed E-state index contributed by atoms with van der Waals surface area (Å²) in [5.74, 6) is 1.14. The highest BCUT2D eigenvalue weighted by molar-refractivity contribution is 7.99. The third-order valence-corrected chi connectivity index (χ3v) is 3.44. The zero-order chi connectivity index (χ0) is 13.9. The van der Waals surface area contributed by atoms with Crippen molar-refractivity contribution in [3.05, 3.63) is 30.2 Å². The molecule has 0 spiro atoms. The average molecular weight is 287 g/mol. The largest absolute Gasteiger partial charge is 0.416 e. The van der Waals surface area contributed by atoms with E-state index in [-0.39, 0.29) is 0 Å². The molecule has 2 aromatic heterocycles. The minimum atomic E-state index is 0.480. The lowest BCUT2D eigenvalue weighted by Gasteiger charge is -2.07. The number of para-hydroxylation sites is 1. The Hall–Kier alpha value is -2.15. The van der Waals surface area contributed by atoms with E-state index in [1.165, 1.54) is 11.8 Å². The first-order chi connectivity index (χ1) is 9.76. The van der Waals surface area contributed by atoms with Crippen LogP contribution in [0.2, 0.25) is 0 Å². The first kappa shape index (κ1) is 12.9. The highest BCUT2D eigenvalue weighted by Crippen LogP contribution is 2.31. The number of aromatic nitrogens is 4. The minimum absolute atomic E-state index is 0.480. The van der Waals surface area contributed by atoms with Crippen LogP contribution in [0.4, 0.5) is 5.95 Å². The van der Waals surface area contributed by atoms with Crippen LogP contribution < -0.4 is 5.32 Å². The van der Waals surface area contributed by atoms with Crippen molar-refractivity contribution in [2.45, 2.75) is 24.1 Å². The lowest BCUT2D eigenvalue weighted by molar-refractivity contribution is 0.429. The smallest absolute Gasteiger partial charge is 0.282 e. The molecular weight excluding hydrogens is 274 g/mol. The summed E-state index contributed by atoms with van der Waals surface area (Å²) in [4.78, 5) is 8.98. The molecule has 2 heterocycles. The van der Waals surface area contributed by atoms with Crippen LogP contribution in [0.15, 0.2) is 38.9 Å². The molecule has 0 aliphatic carbocycles. The molecule has 0 radical (unpaired) electrons. The summed E-state index contributed by atoms with van der Waals surface area (Å²) in [6.07, 6.45) is 0. The quantitative estimate of drug-likeness (QED) is 0.739. The van der Waals surface area contributed by atoms with E-state index in [0.29, 0.717) is 17.1 Å². The first-order valence-corrected chi connectivity index (χ1v) is 7.06. The van der Waals surface area contributed by atoms with Crippen molar-refractivity contribution >= 4 is 28.6 Å². The zero-order valence-corrected chi connectivity index (χ0v) is 11.9. The molecule has 0 unspecified atom stereocenters. The highest BCUT2D eigenvalue weighted by Gasteiger charge is 2.12. The normalized spacial score (nSPS) is 10.9. The lowest BCUT2D eigenvalue weighted by Crippen LogP contribution is -2.03. The van der Waals surface area contributed by atoms with Crippen LogP contribution in [0.25, 0.3) is 10.9 Å². The maximum atomic E-state index is 5.40. The number of aryl methyl sites for hydroxylation is 1. The van der Waals surface area contributed by atoms with Crippen molar-refractivity contribution in [2.24, 2.45) is 0 Å². The SMILES string of the molecule is CCNc1nc(Sc2nnc(C)o2)c2ccccc2n1. The van der Waals surface area contributed by atoms with Gasteiger partial charge in [0.25, 0.3) is 5.22 Å². The lowest BCUT2D eigenvalue weighted by atomic mass is 10.2. The Labute approximate surface area is 120 Å². The predicted octanol–water partition coefficient (Wildman–Crippen LogP) is 2.90. The third kappa shape index (κ3) is 2.57. The third-order valence-electron chi connectivity index (χ3n) is 2.59. The maximum Gasteiger partial charge on any atom is 0.282 e. The Kier molecular flexibility index (Phi) is 3.51. The van der Waals surface area contributed by atoms with Gasteiger partial charge in [-0.1, -0.05) is 18.2 Å². The Bertz CT molecular complexity index is 742. The van der Waals surface area contributed by atoms with E-state index < -0.39 is 0 Å². The molecule has 102 valence electrons. The van der Waals surface area contributed by atoms with Crippen LogP contribution in [0.1, 0.15) is 12.8 Å². The predicted molar refractivity (Wildman–Crippen MR) is 76.9 cm³/mol. The molecule has 3 aromatic rings. The Morgan fingerprint density at radius 3 is 2.80 bits per heavy atom. The molecule has 0 saturated carbocycles. The Morgan fingerprint density at radius 2 is 2.05 bits per heavy atom. The summed E-state index contributed by atoms with van der Waals surface area (Å²) in [5, 5.41) is 13.2. The van der Waals surface area contributed by atoms with E-state index in [2.05, 4.69) is 25.5 Å². The number of benzene rings is 1. The van der Waals surface area contributed by atoms with Crippen molar-refractivity contribution in [3.8, 4) is 0 Å². The van der Waals surface area contributed by atoms with Crippen LogP contribution in [0.3, 0.4) is 0 Å². The molecule has 7 heteroatoms. The van der Waals surface area contributed by atoms with Gasteiger partial charge in [0.15, 0.2) is 0 Å². The highest BCUT2D eigenvalue weighted by atomic mass is 32.2. The van der Waals surface area contributed by atoms with Crippen molar-refractivity contribution < 1.29 is 4.42 Å². The first-order valence-electron chi connectivity index (χ1n) is 6.25. The van der Waals surface area contributed by atoms with Gasteiger partial charge in [0.1, 0.15) is 5.03 Å². The van der Waals surface area contributed by atoms with E-state index >= 15 is 0 Å². The molecule has 20 heavy (non-hydrogen) atoms. The number of anilines is 1. The van der Waals surface area contributed by atoms with E-state index in [0.717, 1.165) is 22.5 Å². The molecule has 0 aliphatic rings. The van der Waals surface area contributed by atoms with Crippen molar-refractivity contribution in [1.29, 1.82) is 0 Å². The second-order valence-electron chi connectivity index (χ2n) is 4.09. The monoisotopic (exact) mass is 287 g/mol. The summed E-state index contributed by atoms with van der Waals surface area (Å²) >= 11 is 1.35. The standard InChI is InChI=1S/C13H13N5OS/c1-3-14-12-15-10-7-5-4-6-9(10)11(16-12)20-13-18-17-8(2)19-13/h4-7H,3H2,1-2H3,(H,14,15,16). The molecule has 1 aromatic carbocycles. The fourth-order valence-corrected chi connectivity index (χ4v) is 2.59. The van der Waals surface area contributed by atoms with E-state index in [9.17, 15) is 0 Å². The molecule has 0 saturated heterocycles. The second-order valence-corrected chi connectivity index (χ2v) is 5.03. The average Bonchev–Trinajstić information content (AvgIpc) is 2.85. The molecule has 3 rings (SSSR count).